The Morgan fingerprint density at radius 2 is 1.56 bits per heavy atom. The molecule has 0 nitrogen and oxygen atoms in total. The first-order chi connectivity index (χ1) is 8.65. The fraction of sp³-hybridized carbons (Fsp3) is 0.333. The van der Waals surface area contributed by atoms with E-state index in [0.29, 0.717) is 0 Å². The minimum atomic E-state index is 1.09. The molecule has 0 radical (unpaired) electrons. The van der Waals surface area contributed by atoms with Crippen LogP contribution in [0, 0.1) is 13.8 Å². The van der Waals surface area contributed by atoms with E-state index in [0.717, 1.165) is 12.8 Å². The van der Waals surface area contributed by atoms with Gasteiger partial charge in [0.2, 0.25) is 0 Å². The van der Waals surface area contributed by atoms with Crippen LogP contribution < -0.4 is 0 Å². The van der Waals surface area contributed by atoms with E-state index in [1.807, 2.05) is 0 Å². The highest BCUT2D eigenvalue weighted by Crippen LogP contribution is 2.29. The average molecular weight is 238 g/mol. The first-order valence-electron chi connectivity index (χ1n) is 6.85. The van der Waals surface area contributed by atoms with Crippen LogP contribution in [0.25, 0.3) is 11.1 Å². The maximum Gasteiger partial charge on any atom is -0.0147 e. The summed E-state index contributed by atoms with van der Waals surface area (Å²) in [7, 11) is 0. The van der Waals surface area contributed by atoms with Crippen LogP contribution in [0.4, 0.5) is 0 Å². The maximum absolute atomic E-state index is 2.36. The monoisotopic (exact) mass is 238 g/mol. The van der Waals surface area contributed by atoms with Crippen LogP contribution in [0.3, 0.4) is 0 Å². The molecule has 0 fully saturated rings. The summed E-state index contributed by atoms with van der Waals surface area (Å²) in [5.74, 6) is 0. The molecule has 0 N–H and O–H groups in total. The van der Waals surface area contributed by atoms with Crippen LogP contribution >= 0.6 is 0 Å². The van der Waals surface area contributed by atoms with Gasteiger partial charge < -0.3 is 0 Å². The fourth-order valence-corrected chi connectivity index (χ4v) is 2.43. The maximum atomic E-state index is 2.36. The second kappa shape index (κ2) is 5.39. The molecule has 0 aromatic heterocycles. The zero-order chi connectivity index (χ0) is 13.1. The number of hydrogen-bond donors (Lipinski definition) is 0. The van der Waals surface area contributed by atoms with E-state index in [2.05, 4.69) is 64.1 Å². The van der Waals surface area contributed by atoms with E-state index in [9.17, 15) is 0 Å². The molecule has 0 aliphatic heterocycles. The molecule has 0 aliphatic rings. The molecule has 0 saturated heterocycles. The highest BCUT2D eigenvalue weighted by molar-refractivity contribution is 5.72. The van der Waals surface area contributed by atoms with Crippen LogP contribution in [0.15, 0.2) is 36.4 Å². The molecular formula is C18H22. The van der Waals surface area contributed by atoms with Crippen LogP contribution in [0.2, 0.25) is 0 Å². The quantitative estimate of drug-likeness (QED) is 0.698. The average Bonchev–Trinajstić information content (AvgIpc) is 2.40. The second-order valence-corrected chi connectivity index (χ2v) is 5.02. The van der Waals surface area contributed by atoms with Gasteiger partial charge in [0.25, 0.3) is 0 Å². The van der Waals surface area contributed by atoms with Crippen LogP contribution in [-0.4, -0.2) is 0 Å². The third-order valence-electron chi connectivity index (χ3n) is 3.65. The summed E-state index contributed by atoms with van der Waals surface area (Å²) in [6.45, 7) is 8.81. The van der Waals surface area contributed by atoms with Gasteiger partial charge in [-0.3, -0.25) is 0 Å². The minimum absolute atomic E-state index is 1.09. The lowest BCUT2D eigenvalue weighted by molar-refractivity contribution is 1.10. The van der Waals surface area contributed by atoms with Crippen LogP contribution in [-0.2, 0) is 12.8 Å². The standard InChI is InChI=1S/C18H22/c1-5-15-9-10-16(6-2)18(12-15)17-11-13(3)7-8-14(17)4/h7-12H,5-6H2,1-4H3. The zero-order valence-corrected chi connectivity index (χ0v) is 11.9. The van der Waals surface area contributed by atoms with Crippen molar-refractivity contribution in [3.8, 4) is 11.1 Å². The molecule has 0 heteroatoms. The number of hydrogen-bond acceptors (Lipinski definition) is 0. The molecule has 0 atom stereocenters. The minimum Gasteiger partial charge on any atom is -0.0613 e. The van der Waals surface area contributed by atoms with Crippen LogP contribution in [0.1, 0.15) is 36.1 Å². The molecule has 2 aromatic rings. The van der Waals surface area contributed by atoms with Gasteiger partial charge in [0.1, 0.15) is 0 Å². The predicted molar refractivity (Wildman–Crippen MR) is 80.1 cm³/mol. The van der Waals surface area contributed by atoms with Gasteiger partial charge in [0, 0.05) is 0 Å². The van der Waals surface area contributed by atoms with Gasteiger partial charge in [-0.25, -0.2) is 0 Å². The highest BCUT2D eigenvalue weighted by atomic mass is 14.1. The molecule has 0 spiro atoms. The van der Waals surface area contributed by atoms with Gasteiger partial charge in [-0.1, -0.05) is 55.8 Å². The Balaban J connectivity index is 2.64. The second-order valence-electron chi connectivity index (χ2n) is 5.02. The first-order valence-corrected chi connectivity index (χ1v) is 6.85. The van der Waals surface area contributed by atoms with Crippen molar-refractivity contribution < 1.29 is 0 Å². The lowest BCUT2D eigenvalue weighted by atomic mass is 9.91. The molecule has 0 unspecified atom stereocenters. The van der Waals surface area contributed by atoms with E-state index in [1.165, 1.54) is 33.4 Å². The van der Waals surface area contributed by atoms with E-state index in [4.69, 9.17) is 0 Å². The van der Waals surface area contributed by atoms with Crippen molar-refractivity contribution in [2.75, 3.05) is 0 Å². The summed E-state index contributed by atoms with van der Waals surface area (Å²) < 4.78 is 0. The van der Waals surface area contributed by atoms with Crippen molar-refractivity contribution >= 4 is 0 Å². The Morgan fingerprint density at radius 3 is 2.22 bits per heavy atom. The predicted octanol–water partition coefficient (Wildman–Crippen LogP) is 5.10. The van der Waals surface area contributed by atoms with Crippen molar-refractivity contribution in [3.63, 3.8) is 0 Å². The molecule has 94 valence electrons. The summed E-state index contributed by atoms with van der Waals surface area (Å²) in [6.07, 6.45) is 2.19. The summed E-state index contributed by atoms with van der Waals surface area (Å²) in [5.41, 5.74) is 8.37. The molecule has 2 aromatic carbocycles. The molecule has 0 aliphatic carbocycles. The first kappa shape index (κ1) is 12.9. The molecule has 2 rings (SSSR count). The third-order valence-corrected chi connectivity index (χ3v) is 3.65. The number of aryl methyl sites for hydroxylation is 4. The Bertz CT molecular complexity index is 550. The normalized spacial score (nSPS) is 10.7. The topological polar surface area (TPSA) is 0 Å². The third kappa shape index (κ3) is 2.48. The number of rotatable bonds is 3. The molecule has 0 saturated carbocycles. The SMILES string of the molecule is CCc1ccc(CC)c(-c2cc(C)ccc2C)c1. The van der Waals surface area contributed by atoms with Gasteiger partial charge in [-0.15, -0.1) is 0 Å². The Kier molecular flexibility index (Phi) is 3.86. The van der Waals surface area contributed by atoms with Gasteiger partial charge in [0.15, 0.2) is 0 Å². The molecule has 0 bridgehead atoms. The fourth-order valence-electron chi connectivity index (χ4n) is 2.43. The molecular weight excluding hydrogens is 216 g/mol. The summed E-state index contributed by atoms with van der Waals surface area (Å²) >= 11 is 0. The van der Waals surface area contributed by atoms with Crippen molar-refractivity contribution in [2.45, 2.75) is 40.5 Å². The van der Waals surface area contributed by atoms with Gasteiger partial charge in [-0.2, -0.15) is 0 Å². The largest absolute Gasteiger partial charge is 0.0613 e. The van der Waals surface area contributed by atoms with E-state index in [-0.39, 0.29) is 0 Å². The Morgan fingerprint density at radius 1 is 0.778 bits per heavy atom. The molecule has 0 heterocycles. The lowest BCUT2D eigenvalue weighted by Crippen LogP contribution is -1.93. The van der Waals surface area contributed by atoms with E-state index in [1.54, 1.807) is 0 Å². The highest BCUT2D eigenvalue weighted by Gasteiger charge is 2.07. The van der Waals surface area contributed by atoms with E-state index >= 15 is 0 Å². The van der Waals surface area contributed by atoms with Gasteiger partial charge in [0.05, 0.1) is 0 Å². The van der Waals surface area contributed by atoms with Crippen molar-refractivity contribution in [1.82, 2.24) is 0 Å². The summed E-state index contributed by atoms with van der Waals surface area (Å²) in [4.78, 5) is 0. The van der Waals surface area contributed by atoms with Crippen LogP contribution in [0.5, 0.6) is 0 Å². The van der Waals surface area contributed by atoms with E-state index < -0.39 is 0 Å². The molecule has 0 amide bonds. The van der Waals surface area contributed by atoms with Crippen molar-refractivity contribution in [1.29, 1.82) is 0 Å². The Labute approximate surface area is 111 Å². The lowest BCUT2D eigenvalue weighted by Gasteiger charge is -2.13. The van der Waals surface area contributed by atoms with Crippen molar-refractivity contribution in [2.24, 2.45) is 0 Å². The summed E-state index contributed by atoms with van der Waals surface area (Å²) in [5, 5.41) is 0. The van der Waals surface area contributed by atoms with Gasteiger partial charge in [-0.05, 0) is 54.5 Å². The summed E-state index contributed by atoms with van der Waals surface area (Å²) in [6, 6.07) is 13.6. The molecule has 18 heavy (non-hydrogen) atoms. The van der Waals surface area contributed by atoms with Gasteiger partial charge >= 0.3 is 0 Å². The smallest absolute Gasteiger partial charge is 0.0147 e. The zero-order valence-electron chi connectivity index (χ0n) is 11.9. The Hall–Kier alpha value is -1.56. The number of benzene rings is 2. The van der Waals surface area contributed by atoms with Crippen molar-refractivity contribution in [3.05, 3.63) is 58.7 Å².